The zero-order valence-electron chi connectivity index (χ0n) is 8.46. The van der Waals surface area contributed by atoms with E-state index in [1.807, 2.05) is 20.8 Å². The zero-order valence-corrected chi connectivity index (χ0v) is 11.3. The first-order valence-electron chi connectivity index (χ1n) is 4.28. The fourth-order valence-corrected chi connectivity index (χ4v) is 1.08. The molecule has 2 nitrogen and oxygen atoms in total. The average molecular weight is 302 g/mol. The SMILES string of the molecule is CCCC(C)(O)C(C)=NCC.[Pm]. The van der Waals surface area contributed by atoms with E-state index in [0.29, 0.717) is 0 Å². The normalized spacial score (nSPS) is 16.6. The Kier molecular flexibility index (Phi) is 9.49. The molecule has 0 bridgehead atoms. The van der Waals surface area contributed by atoms with Gasteiger partial charge in [-0.1, -0.05) is 13.3 Å². The van der Waals surface area contributed by atoms with Gasteiger partial charge in [-0.05, 0) is 27.2 Å². The molecule has 71 valence electrons. The van der Waals surface area contributed by atoms with E-state index in [1.54, 1.807) is 0 Å². The summed E-state index contributed by atoms with van der Waals surface area (Å²) in [6.45, 7) is 8.51. The van der Waals surface area contributed by atoms with Crippen molar-refractivity contribution in [3.63, 3.8) is 0 Å². The number of nitrogens with zero attached hydrogens (tertiary/aromatic N) is 1. The third-order valence-corrected chi connectivity index (χ3v) is 1.91. The molecule has 0 aliphatic heterocycles. The standard InChI is InChI=1S/C9H19NO.Pm/c1-5-7-9(4,11)8(3)10-6-2;/h11H,5-7H2,1-4H3;. The van der Waals surface area contributed by atoms with Crippen LogP contribution in [-0.4, -0.2) is 23.0 Å². The quantitative estimate of drug-likeness (QED) is 0.792. The second kappa shape index (κ2) is 7.38. The first-order valence-corrected chi connectivity index (χ1v) is 4.28. The van der Waals surface area contributed by atoms with E-state index in [1.165, 1.54) is 0 Å². The number of hydrogen-bond acceptors (Lipinski definition) is 2. The largest absolute Gasteiger partial charge is 0.384 e. The Hall–Kier alpha value is 0.968. The van der Waals surface area contributed by atoms with Gasteiger partial charge in [-0.2, -0.15) is 0 Å². The molecule has 1 N–H and O–H groups in total. The Balaban J connectivity index is 0. The Morgan fingerprint density at radius 3 is 2.25 bits per heavy atom. The maximum atomic E-state index is 9.78. The molecule has 0 saturated heterocycles. The van der Waals surface area contributed by atoms with Gasteiger partial charge in [0.2, 0.25) is 0 Å². The summed E-state index contributed by atoms with van der Waals surface area (Å²) in [5.74, 6) is 0. The molecule has 0 aliphatic carbocycles. The molecule has 0 saturated carbocycles. The Labute approximate surface area is 108 Å². The van der Waals surface area contributed by atoms with Crippen molar-refractivity contribution in [2.24, 2.45) is 4.99 Å². The van der Waals surface area contributed by atoms with E-state index in [4.69, 9.17) is 0 Å². The molecule has 0 amide bonds. The summed E-state index contributed by atoms with van der Waals surface area (Å²) in [4.78, 5) is 4.18. The maximum Gasteiger partial charge on any atom is 0.0991 e. The van der Waals surface area contributed by atoms with Crippen molar-refractivity contribution in [1.82, 2.24) is 0 Å². The Morgan fingerprint density at radius 2 is 1.92 bits per heavy atom. The van der Waals surface area contributed by atoms with Crippen LogP contribution in [0.3, 0.4) is 0 Å². The number of rotatable bonds is 4. The zero-order chi connectivity index (χ0) is 8.91. The minimum absolute atomic E-state index is 0. The molecule has 0 aromatic carbocycles. The third-order valence-electron chi connectivity index (χ3n) is 1.91. The van der Waals surface area contributed by atoms with Crippen molar-refractivity contribution in [2.45, 2.75) is 46.1 Å². The molecule has 1 atom stereocenters. The van der Waals surface area contributed by atoms with E-state index in [2.05, 4.69) is 11.9 Å². The van der Waals surface area contributed by atoms with E-state index in [9.17, 15) is 5.11 Å². The van der Waals surface area contributed by atoms with Gasteiger partial charge in [0, 0.05) is 52.6 Å². The van der Waals surface area contributed by atoms with Crippen LogP contribution < -0.4 is 0 Å². The van der Waals surface area contributed by atoms with Crippen LogP contribution in [-0.2, 0) is 0 Å². The summed E-state index contributed by atoms with van der Waals surface area (Å²) in [7, 11) is 0. The summed E-state index contributed by atoms with van der Waals surface area (Å²) < 4.78 is 0. The molecule has 0 aliphatic rings. The molecule has 0 spiro atoms. The van der Waals surface area contributed by atoms with Crippen molar-refractivity contribution >= 4 is 5.71 Å². The summed E-state index contributed by atoms with van der Waals surface area (Å²) in [6.07, 6.45) is 1.78. The van der Waals surface area contributed by atoms with Crippen LogP contribution >= 0.6 is 0 Å². The van der Waals surface area contributed by atoms with Crippen LogP contribution in [0.25, 0.3) is 0 Å². The number of aliphatic imine (C=N–C) groups is 1. The molecule has 0 heterocycles. The number of hydrogen-bond donors (Lipinski definition) is 1. The topological polar surface area (TPSA) is 32.6 Å². The molecule has 0 fully saturated rings. The fourth-order valence-electron chi connectivity index (χ4n) is 1.08. The molecule has 1 unspecified atom stereocenters. The van der Waals surface area contributed by atoms with Gasteiger partial charge in [0.25, 0.3) is 0 Å². The predicted molar refractivity (Wildman–Crippen MR) is 49.2 cm³/mol. The van der Waals surface area contributed by atoms with Crippen LogP contribution in [0.2, 0.25) is 0 Å². The second-order valence-electron chi connectivity index (χ2n) is 3.08. The molecule has 3 heteroatoms. The van der Waals surface area contributed by atoms with E-state index < -0.39 is 5.60 Å². The van der Waals surface area contributed by atoms with E-state index >= 15 is 0 Å². The second-order valence-corrected chi connectivity index (χ2v) is 3.08. The number of aliphatic hydroxyl groups is 1. The molecule has 1 radical (unpaired) electrons. The van der Waals surface area contributed by atoms with Gasteiger partial charge in [0.1, 0.15) is 0 Å². The van der Waals surface area contributed by atoms with Gasteiger partial charge >= 0.3 is 0 Å². The Bertz CT molecular complexity index is 143. The van der Waals surface area contributed by atoms with Gasteiger partial charge in [-0.25, -0.2) is 0 Å². The van der Waals surface area contributed by atoms with Crippen molar-refractivity contribution in [3.8, 4) is 0 Å². The maximum absolute atomic E-state index is 9.78. The smallest absolute Gasteiger partial charge is 0.0991 e. The first-order chi connectivity index (χ1) is 5.04. The molecule has 0 aromatic rings. The molecule has 0 aromatic heterocycles. The van der Waals surface area contributed by atoms with Crippen molar-refractivity contribution < 1.29 is 45.5 Å². The van der Waals surface area contributed by atoms with E-state index in [0.717, 1.165) is 25.1 Å². The minimum Gasteiger partial charge on any atom is -0.384 e. The van der Waals surface area contributed by atoms with Gasteiger partial charge in [0.15, 0.2) is 0 Å². The fraction of sp³-hybridized carbons (Fsp3) is 0.889. The van der Waals surface area contributed by atoms with Crippen LogP contribution in [0, 0.1) is 40.4 Å². The van der Waals surface area contributed by atoms with Gasteiger partial charge in [-0.15, -0.1) is 0 Å². The van der Waals surface area contributed by atoms with Gasteiger partial charge < -0.3 is 5.11 Å². The summed E-state index contributed by atoms with van der Waals surface area (Å²) in [5.41, 5.74) is 0.159. The summed E-state index contributed by atoms with van der Waals surface area (Å²) >= 11 is 0. The molecule has 12 heavy (non-hydrogen) atoms. The molecular formula is C9H19NOPm. The van der Waals surface area contributed by atoms with Crippen molar-refractivity contribution in [3.05, 3.63) is 0 Å². The van der Waals surface area contributed by atoms with Crippen LogP contribution in [0.4, 0.5) is 0 Å². The van der Waals surface area contributed by atoms with Crippen LogP contribution in [0.1, 0.15) is 40.5 Å². The van der Waals surface area contributed by atoms with Crippen molar-refractivity contribution in [2.75, 3.05) is 6.54 Å². The monoisotopic (exact) mass is 302 g/mol. The first kappa shape index (κ1) is 15.4. The van der Waals surface area contributed by atoms with Crippen LogP contribution in [0.5, 0.6) is 0 Å². The van der Waals surface area contributed by atoms with Crippen molar-refractivity contribution in [1.29, 1.82) is 0 Å². The minimum atomic E-state index is -0.690. The summed E-state index contributed by atoms with van der Waals surface area (Å²) in [6, 6.07) is 0. The average Bonchev–Trinajstić information content (AvgIpc) is 1.88. The van der Waals surface area contributed by atoms with Crippen LogP contribution in [0.15, 0.2) is 4.99 Å². The predicted octanol–water partition coefficient (Wildman–Crippen LogP) is 2.02. The summed E-state index contributed by atoms with van der Waals surface area (Å²) in [5, 5.41) is 9.78. The van der Waals surface area contributed by atoms with Gasteiger partial charge in [0.05, 0.1) is 5.60 Å². The molecule has 0 rings (SSSR count). The van der Waals surface area contributed by atoms with E-state index in [-0.39, 0.29) is 40.4 Å². The van der Waals surface area contributed by atoms with Gasteiger partial charge in [-0.3, -0.25) is 4.99 Å². The Morgan fingerprint density at radius 1 is 1.42 bits per heavy atom. The molecular weight excluding hydrogens is 283 g/mol. The third kappa shape index (κ3) is 5.59.